The Kier molecular flexibility index (Phi) is 19.5. The molecule has 0 amide bonds. The zero-order chi connectivity index (χ0) is 21.5. The molecule has 0 aromatic carbocycles. The van der Waals surface area contributed by atoms with Crippen molar-refractivity contribution in [3.63, 3.8) is 0 Å². The SMILES string of the molecule is O=C(O)CCC/C1=C/CCCCCCCCCCCCCCCCCCCCCC1. The molecule has 0 unspecified atom stereocenters. The van der Waals surface area contributed by atoms with Crippen LogP contribution in [0.15, 0.2) is 11.6 Å². The minimum atomic E-state index is -0.652. The van der Waals surface area contributed by atoms with Crippen LogP contribution >= 0.6 is 0 Å². The summed E-state index contributed by atoms with van der Waals surface area (Å²) in [5, 5.41) is 8.93. The Bertz CT molecular complexity index is 413. The van der Waals surface area contributed by atoms with Gasteiger partial charge in [0.25, 0.3) is 0 Å². The highest BCUT2D eigenvalue weighted by Gasteiger charge is 2.03. The van der Waals surface area contributed by atoms with Gasteiger partial charge in [-0.15, -0.1) is 0 Å². The third-order valence-electron chi connectivity index (χ3n) is 6.77. The van der Waals surface area contributed by atoms with Crippen molar-refractivity contribution >= 4 is 5.97 Å². The first-order valence-corrected chi connectivity index (χ1v) is 13.7. The molecular formula is C28H52O2. The minimum absolute atomic E-state index is 0.317. The maximum absolute atomic E-state index is 10.8. The monoisotopic (exact) mass is 420 g/mol. The van der Waals surface area contributed by atoms with Crippen LogP contribution in [-0.4, -0.2) is 11.1 Å². The van der Waals surface area contributed by atoms with E-state index in [1.807, 2.05) is 0 Å². The van der Waals surface area contributed by atoms with Gasteiger partial charge in [0, 0.05) is 6.42 Å². The predicted octanol–water partition coefficient (Wildman–Crippen LogP) is 9.76. The number of carbonyl (C=O) groups is 1. The van der Waals surface area contributed by atoms with Gasteiger partial charge in [-0.05, 0) is 38.5 Å². The van der Waals surface area contributed by atoms with Crippen molar-refractivity contribution in [1.29, 1.82) is 0 Å². The summed E-state index contributed by atoms with van der Waals surface area (Å²) in [6, 6.07) is 0. The number of hydrogen-bond donors (Lipinski definition) is 1. The Balaban J connectivity index is 2.30. The van der Waals surface area contributed by atoms with Crippen LogP contribution in [0.5, 0.6) is 0 Å². The molecule has 0 atom stereocenters. The van der Waals surface area contributed by atoms with Crippen LogP contribution in [0, 0.1) is 0 Å². The quantitative estimate of drug-likeness (QED) is 0.459. The molecule has 0 spiro atoms. The molecule has 0 aliphatic heterocycles. The molecule has 2 heteroatoms. The van der Waals surface area contributed by atoms with Crippen molar-refractivity contribution in [1.82, 2.24) is 0 Å². The Morgan fingerprint density at radius 1 is 0.600 bits per heavy atom. The third-order valence-corrected chi connectivity index (χ3v) is 6.77. The van der Waals surface area contributed by atoms with E-state index >= 15 is 0 Å². The normalized spacial score (nSPS) is 23.0. The summed E-state index contributed by atoms with van der Waals surface area (Å²) in [5.41, 5.74) is 1.53. The molecule has 0 saturated carbocycles. The van der Waals surface area contributed by atoms with Gasteiger partial charge >= 0.3 is 5.97 Å². The fraction of sp³-hybridized carbons (Fsp3) is 0.893. The number of aliphatic carboxylic acids is 1. The molecule has 30 heavy (non-hydrogen) atoms. The Morgan fingerprint density at radius 3 is 1.37 bits per heavy atom. The van der Waals surface area contributed by atoms with E-state index in [1.54, 1.807) is 0 Å². The second-order valence-corrected chi connectivity index (χ2v) is 9.72. The van der Waals surface area contributed by atoms with Gasteiger partial charge in [-0.1, -0.05) is 127 Å². The second kappa shape index (κ2) is 21.4. The number of hydrogen-bond acceptors (Lipinski definition) is 1. The molecule has 0 saturated heterocycles. The first kappa shape index (κ1) is 27.2. The van der Waals surface area contributed by atoms with Crippen molar-refractivity contribution in [2.45, 2.75) is 161 Å². The van der Waals surface area contributed by atoms with Crippen molar-refractivity contribution < 1.29 is 9.90 Å². The summed E-state index contributed by atoms with van der Waals surface area (Å²) in [4.78, 5) is 10.8. The van der Waals surface area contributed by atoms with Crippen molar-refractivity contribution in [2.24, 2.45) is 0 Å². The first-order valence-electron chi connectivity index (χ1n) is 13.7. The molecule has 1 aliphatic rings. The second-order valence-electron chi connectivity index (χ2n) is 9.72. The lowest BCUT2D eigenvalue weighted by molar-refractivity contribution is -0.137. The average molecular weight is 421 g/mol. The van der Waals surface area contributed by atoms with Gasteiger partial charge in [-0.25, -0.2) is 0 Å². The third kappa shape index (κ3) is 19.2. The van der Waals surface area contributed by atoms with Gasteiger partial charge in [0.05, 0.1) is 0 Å². The van der Waals surface area contributed by atoms with E-state index in [1.165, 1.54) is 147 Å². The first-order chi connectivity index (χ1) is 14.8. The summed E-state index contributed by atoms with van der Waals surface area (Å²) < 4.78 is 0. The topological polar surface area (TPSA) is 37.3 Å². The average Bonchev–Trinajstić information content (AvgIpc) is 2.72. The van der Waals surface area contributed by atoms with Crippen LogP contribution in [0.3, 0.4) is 0 Å². The van der Waals surface area contributed by atoms with Crippen LogP contribution in [0.1, 0.15) is 161 Å². The van der Waals surface area contributed by atoms with Gasteiger partial charge in [0.2, 0.25) is 0 Å². The summed E-state index contributed by atoms with van der Waals surface area (Å²) in [6.45, 7) is 0. The summed E-state index contributed by atoms with van der Waals surface area (Å²) in [6.07, 6.45) is 35.2. The van der Waals surface area contributed by atoms with Crippen molar-refractivity contribution in [3.8, 4) is 0 Å². The van der Waals surface area contributed by atoms with Crippen LogP contribution in [0.2, 0.25) is 0 Å². The molecule has 0 bridgehead atoms. The van der Waals surface area contributed by atoms with E-state index < -0.39 is 5.97 Å². The Morgan fingerprint density at radius 2 is 0.967 bits per heavy atom. The number of carboxylic acid groups (broad SMARTS) is 1. The van der Waals surface area contributed by atoms with E-state index in [0.717, 1.165) is 12.8 Å². The Labute approximate surface area is 188 Å². The van der Waals surface area contributed by atoms with Gasteiger partial charge in [0.1, 0.15) is 0 Å². The van der Waals surface area contributed by atoms with E-state index in [0.29, 0.717) is 6.42 Å². The van der Waals surface area contributed by atoms with Crippen LogP contribution in [-0.2, 0) is 4.79 Å². The van der Waals surface area contributed by atoms with E-state index in [4.69, 9.17) is 5.11 Å². The van der Waals surface area contributed by atoms with Gasteiger partial charge in [-0.3, -0.25) is 4.79 Å². The van der Waals surface area contributed by atoms with Gasteiger partial charge < -0.3 is 5.11 Å². The molecule has 2 nitrogen and oxygen atoms in total. The zero-order valence-corrected chi connectivity index (χ0v) is 20.1. The molecule has 1 rings (SSSR count). The van der Waals surface area contributed by atoms with Gasteiger partial charge in [0.15, 0.2) is 0 Å². The van der Waals surface area contributed by atoms with E-state index in [2.05, 4.69) is 6.08 Å². The predicted molar refractivity (Wildman–Crippen MR) is 131 cm³/mol. The lowest BCUT2D eigenvalue weighted by Gasteiger charge is -2.08. The summed E-state index contributed by atoms with van der Waals surface area (Å²) in [7, 11) is 0. The van der Waals surface area contributed by atoms with Crippen LogP contribution < -0.4 is 0 Å². The molecule has 0 aromatic rings. The van der Waals surface area contributed by atoms with E-state index in [-0.39, 0.29) is 0 Å². The van der Waals surface area contributed by atoms with E-state index in [9.17, 15) is 4.79 Å². The number of allylic oxidation sites excluding steroid dienone is 2. The molecule has 0 radical (unpaired) electrons. The summed E-state index contributed by atoms with van der Waals surface area (Å²) in [5.74, 6) is -0.652. The minimum Gasteiger partial charge on any atom is -0.481 e. The molecule has 0 fully saturated rings. The van der Waals surface area contributed by atoms with Crippen molar-refractivity contribution in [3.05, 3.63) is 11.6 Å². The molecule has 1 N–H and O–H groups in total. The smallest absolute Gasteiger partial charge is 0.303 e. The molecule has 1 aliphatic carbocycles. The highest BCUT2D eigenvalue weighted by Crippen LogP contribution is 2.20. The lowest BCUT2D eigenvalue weighted by atomic mass is 9.98. The molecule has 176 valence electrons. The van der Waals surface area contributed by atoms with Crippen molar-refractivity contribution in [2.75, 3.05) is 0 Å². The highest BCUT2D eigenvalue weighted by atomic mass is 16.4. The highest BCUT2D eigenvalue weighted by molar-refractivity contribution is 5.66. The fourth-order valence-corrected chi connectivity index (χ4v) is 4.78. The molecule has 0 heterocycles. The molecule has 0 aromatic heterocycles. The summed E-state index contributed by atoms with van der Waals surface area (Å²) >= 11 is 0. The maximum atomic E-state index is 10.8. The number of carboxylic acids is 1. The zero-order valence-electron chi connectivity index (χ0n) is 20.1. The standard InChI is InChI=1S/C28H52O2/c29-28(30)26-22-25-27-23-20-18-16-14-12-10-8-6-4-2-1-3-5-7-9-11-13-15-17-19-21-24-27/h23H,1-22,24-26H2,(H,29,30)/b27-23+. The van der Waals surface area contributed by atoms with Crippen LogP contribution in [0.25, 0.3) is 0 Å². The maximum Gasteiger partial charge on any atom is 0.303 e. The largest absolute Gasteiger partial charge is 0.481 e. The lowest BCUT2D eigenvalue weighted by Crippen LogP contribution is -1.95. The number of rotatable bonds is 4. The van der Waals surface area contributed by atoms with Crippen LogP contribution in [0.4, 0.5) is 0 Å². The van der Waals surface area contributed by atoms with Gasteiger partial charge in [-0.2, -0.15) is 0 Å². The molecular weight excluding hydrogens is 368 g/mol. The fourth-order valence-electron chi connectivity index (χ4n) is 4.78. The Hall–Kier alpha value is -0.790.